The van der Waals surface area contributed by atoms with Crippen LogP contribution in [0.4, 0.5) is 0 Å². The van der Waals surface area contributed by atoms with Crippen LogP contribution in [0.5, 0.6) is 5.75 Å². The summed E-state index contributed by atoms with van der Waals surface area (Å²) in [4.78, 5) is 31.7. The predicted octanol–water partition coefficient (Wildman–Crippen LogP) is 2.22. The number of nitrogens with zero attached hydrogens (tertiary/aromatic N) is 1. The predicted molar refractivity (Wildman–Crippen MR) is 103 cm³/mol. The van der Waals surface area contributed by atoms with E-state index in [9.17, 15) is 9.59 Å². The fraction of sp³-hybridized carbons (Fsp3) is 0.238. The fourth-order valence-electron chi connectivity index (χ4n) is 3.69. The Bertz CT molecular complexity index is 1040. The van der Waals surface area contributed by atoms with Gasteiger partial charge in [0.2, 0.25) is 0 Å². The Balaban J connectivity index is 1.69. The highest BCUT2D eigenvalue weighted by Crippen LogP contribution is 2.30. The van der Waals surface area contributed by atoms with Crippen molar-refractivity contribution < 1.29 is 4.74 Å². The molecule has 0 saturated carbocycles. The molecule has 6 heteroatoms. The maximum atomic E-state index is 12.4. The van der Waals surface area contributed by atoms with E-state index in [4.69, 9.17) is 4.74 Å². The molecule has 0 aliphatic carbocycles. The van der Waals surface area contributed by atoms with E-state index in [0.29, 0.717) is 18.7 Å². The summed E-state index contributed by atoms with van der Waals surface area (Å²) >= 11 is 0. The molecule has 1 aliphatic heterocycles. The SMILES string of the molecule is COc1ccc(CN2Cc3c([nH]c(=O)[nH]c3=O)C(c3ccccc3)C2)cc1. The average molecular weight is 363 g/mol. The van der Waals surface area contributed by atoms with Crippen molar-refractivity contribution in [3.05, 3.63) is 97.8 Å². The number of aromatic amines is 2. The number of fused-ring (bicyclic) bond motifs is 1. The smallest absolute Gasteiger partial charge is 0.325 e. The lowest BCUT2D eigenvalue weighted by Crippen LogP contribution is -2.41. The first-order valence-electron chi connectivity index (χ1n) is 8.89. The Kier molecular flexibility index (Phi) is 4.64. The first kappa shape index (κ1) is 17.3. The summed E-state index contributed by atoms with van der Waals surface area (Å²) in [7, 11) is 1.65. The molecule has 0 amide bonds. The summed E-state index contributed by atoms with van der Waals surface area (Å²) in [6, 6.07) is 17.9. The van der Waals surface area contributed by atoms with Crippen molar-refractivity contribution >= 4 is 0 Å². The highest BCUT2D eigenvalue weighted by molar-refractivity contribution is 5.35. The van der Waals surface area contributed by atoms with Crippen LogP contribution in [0.2, 0.25) is 0 Å². The van der Waals surface area contributed by atoms with E-state index >= 15 is 0 Å². The summed E-state index contributed by atoms with van der Waals surface area (Å²) in [6.07, 6.45) is 0. The van der Waals surface area contributed by atoms with Gasteiger partial charge in [0.15, 0.2) is 0 Å². The topological polar surface area (TPSA) is 78.2 Å². The number of H-pyrrole nitrogens is 2. The molecule has 0 bridgehead atoms. The molecule has 2 heterocycles. The Labute approximate surface area is 156 Å². The van der Waals surface area contributed by atoms with Gasteiger partial charge in [-0.25, -0.2) is 4.79 Å². The molecule has 1 aliphatic rings. The number of aromatic nitrogens is 2. The Morgan fingerprint density at radius 1 is 1.04 bits per heavy atom. The molecule has 4 rings (SSSR count). The highest BCUT2D eigenvalue weighted by Gasteiger charge is 2.29. The first-order valence-corrected chi connectivity index (χ1v) is 8.89. The summed E-state index contributed by atoms with van der Waals surface area (Å²) < 4.78 is 5.21. The normalized spacial score (nSPS) is 16.7. The van der Waals surface area contributed by atoms with E-state index in [0.717, 1.165) is 29.1 Å². The minimum Gasteiger partial charge on any atom is -0.497 e. The van der Waals surface area contributed by atoms with Gasteiger partial charge in [-0.3, -0.25) is 14.7 Å². The number of rotatable bonds is 4. The highest BCUT2D eigenvalue weighted by atomic mass is 16.5. The van der Waals surface area contributed by atoms with Crippen LogP contribution in [0, 0.1) is 0 Å². The van der Waals surface area contributed by atoms with E-state index < -0.39 is 5.69 Å². The largest absolute Gasteiger partial charge is 0.497 e. The number of nitrogens with one attached hydrogen (secondary N) is 2. The third-order valence-electron chi connectivity index (χ3n) is 5.01. The summed E-state index contributed by atoms with van der Waals surface area (Å²) in [5, 5.41) is 0. The zero-order valence-corrected chi connectivity index (χ0v) is 15.1. The van der Waals surface area contributed by atoms with Gasteiger partial charge >= 0.3 is 5.69 Å². The second-order valence-corrected chi connectivity index (χ2v) is 6.78. The van der Waals surface area contributed by atoms with Crippen molar-refractivity contribution in [3.8, 4) is 5.75 Å². The second kappa shape index (κ2) is 7.25. The van der Waals surface area contributed by atoms with Crippen LogP contribution in [0.15, 0.2) is 64.2 Å². The number of ether oxygens (including phenoxy) is 1. The monoisotopic (exact) mass is 363 g/mol. The molecular formula is C21H21N3O3. The van der Waals surface area contributed by atoms with Crippen molar-refractivity contribution in [2.24, 2.45) is 0 Å². The lowest BCUT2D eigenvalue weighted by Gasteiger charge is -2.34. The van der Waals surface area contributed by atoms with Crippen LogP contribution >= 0.6 is 0 Å². The van der Waals surface area contributed by atoms with E-state index in [1.807, 2.05) is 54.6 Å². The van der Waals surface area contributed by atoms with Gasteiger partial charge in [-0.1, -0.05) is 42.5 Å². The third kappa shape index (κ3) is 3.57. The molecule has 3 aromatic rings. The standard InChI is InChI=1S/C21H21N3O3/c1-27-16-9-7-14(8-10-16)11-24-12-17(15-5-3-2-4-6-15)19-18(13-24)20(25)23-21(26)22-19/h2-10,17H,11-13H2,1H3,(H2,22,23,25,26). The fourth-order valence-corrected chi connectivity index (χ4v) is 3.69. The molecule has 0 spiro atoms. The quantitative estimate of drug-likeness (QED) is 0.745. The molecule has 2 aromatic carbocycles. The number of benzene rings is 2. The van der Waals surface area contributed by atoms with Gasteiger partial charge in [0.1, 0.15) is 5.75 Å². The number of methoxy groups -OCH3 is 1. The van der Waals surface area contributed by atoms with Gasteiger partial charge in [-0.05, 0) is 23.3 Å². The Morgan fingerprint density at radius 2 is 1.78 bits per heavy atom. The van der Waals surface area contributed by atoms with Crippen molar-refractivity contribution in [2.45, 2.75) is 19.0 Å². The van der Waals surface area contributed by atoms with Gasteiger partial charge < -0.3 is 9.72 Å². The number of hydrogen-bond donors (Lipinski definition) is 2. The van der Waals surface area contributed by atoms with Crippen molar-refractivity contribution in [2.75, 3.05) is 13.7 Å². The number of hydrogen-bond acceptors (Lipinski definition) is 4. The molecule has 0 fully saturated rings. The molecule has 1 atom stereocenters. The van der Waals surface area contributed by atoms with E-state index in [1.54, 1.807) is 7.11 Å². The van der Waals surface area contributed by atoms with Crippen molar-refractivity contribution in [1.82, 2.24) is 14.9 Å². The maximum absolute atomic E-state index is 12.4. The van der Waals surface area contributed by atoms with Gasteiger partial charge in [0.05, 0.1) is 12.7 Å². The van der Waals surface area contributed by atoms with Gasteiger partial charge in [0, 0.05) is 31.2 Å². The first-order chi connectivity index (χ1) is 13.1. The van der Waals surface area contributed by atoms with Gasteiger partial charge in [-0.2, -0.15) is 0 Å². The minimum absolute atomic E-state index is 0.0526. The summed E-state index contributed by atoms with van der Waals surface area (Å²) in [5.41, 5.74) is 2.81. The second-order valence-electron chi connectivity index (χ2n) is 6.78. The van der Waals surface area contributed by atoms with E-state index in [2.05, 4.69) is 14.9 Å². The van der Waals surface area contributed by atoms with E-state index in [-0.39, 0.29) is 11.5 Å². The van der Waals surface area contributed by atoms with Crippen molar-refractivity contribution in [3.63, 3.8) is 0 Å². The molecule has 0 saturated heterocycles. The van der Waals surface area contributed by atoms with Crippen LogP contribution < -0.4 is 16.0 Å². The lowest BCUT2D eigenvalue weighted by molar-refractivity contribution is 0.227. The van der Waals surface area contributed by atoms with Crippen molar-refractivity contribution in [1.29, 1.82) is 0 Å². The molecule has 2 N–H and O–H groups in total. The molecule has 27 heavy (non-hydrogen) atoms. The van der Waals surface area contributed by atoms with E-state index in [1.165, 1.54) is 0 Å². The van der Waals surface area contributed by atoms with Crippen LogP contribution in [-0.2, 0) is 13.1 Å². The van der Waals surface area contributed by atoms with Crippen LogP contribution in [0.25, 0.3) is 0 Å². The van der Waals surface area contributed by atoms with Gasteiger partial charge in [0.25, 0.3) is 5.56 Å². The Morgan fingerprint density at radius 3 is 2.48 bits per heavy atom. The molecule has 1 unspecified atom stereocenters. The molecule has 1 aromatic heterocycles. The summed E-state index contributed by atoms with van der Waals surface area (Å²) in [5.74, 6) is 0.766. The zero-order chi connectivity index (χ0) is 18.8. The van der Waals surface area contributed by atoms with Gasteiger partial charge in [-0.15, -0.1) is 0 Å². The third-order valence-corrected chi connectivity index (χ3v) is 5.01. The maximum Gasteiger partial charge on any atom is 0.325 e. The molecule has 6 nitrogen and oxygen atoms in total. The molecular weight excluding hydrogens is 342 g/mol. The Hall–Kier alpha value is -3.12. The minimum atomic E-state index is -0.455. The summed E-state index contributed by atoms with van der Waals surface area (Å²) in [6.45, 7) is 1.94. The van der Waals surface area contributed by atoms with Crippen LogP contribution in [0.3, 0.4) is 0 Å². The van der Waals surface area contributed by atoms with Crippen LogP contribution in [0.1, 0.15) is 28.3 Å². The lowest BCUT2D eigenvalue weighted by atomic mass is 9.89. The zero-order valence-electron chi connectivity index (χ0n) is 15.1. The average Bonchev–Trinajstić information content (AvgIpc) is 2.69. The molecule has 0 radical (unpaired) electrons. The van der Waals surface area contributed by atoms with Crippen LogP contribution in [-0.4, -0.2) is 28.5 Å². The molecule has 138 valence electrons.